The van der Waals surface area contributed by atoms with Gasteiger partial charge in [-0.2, -0.15) is 5.26 Å². The number of ketones is 1. The fraction of sp³-hybridized carbons (Fsp3) is 0.436. The van der Waals surface area contributed by atoms with E-state index in [1.54, 1.807) is 0 Å². The molecular formula is C39H41Cl2F2N3O7. The average molecular weight is 773 g/mol. The van der Waals surface area contributed by atoms with Crippen molar-refractivity contribution in [1.82, 2.24) is 10.2 Å². The molecule has 53 heavy (non-hydrogen) atoms. The number of nitrogens with one attached hydrogen (secondary N) is 1. The lowest BCUT2D eigenvalue weighted by Crippen LogP contribution is -2.44. The topological polar surface area (TPSA) is 127 Å². The van der Waals surface area contributed by atoms with Gasteiger partial charge >= 0.3 is 12.1 Å². The van der Waals surface area contributed by atoms with Crippen LogP contribution in [0.25, 0.3) is 0 Å². The lowest BCUT2D eigenvalue weighted by Gasteiger charge is -2.37. The smallest absolute Gasteiger partial charge is 0.413 e. The SMILES string of the molecule is COc1cc(C(=O)OC(C)OC(=O)N2CCOCC2)ccc1CC(=O)[C@@H]1N[C@@H](CC(C)(C)C)[C@](C#N)(c2ccc(Cl)cc2F)[C@H]1c1cccc(Cl)c1F. The van der Waals surface area contributed by atoms with Crippen LogP contribution in [0.4, 0.5) is 13.6 Å². The van der Waals surface area contributed by atoms with Gasteiger partial charge in [-0.25, -0.2) is 18.4 Å². The molecule has 1 unspecified atom stereocenters. The predicted octanol–water partition coefficient (Wildman–Crippen LogP) is 7.39. The van der Waals surface area contributed by atoms with Crippen LogP contribution in [0.15, 0.2) is 54.6 Å². The van der Waals surface area contributed by atoms with E-state index >= 15 is 8.78 Å². The van der Waals surface area contributed by atoms with E-state index in [1.165, 1.54) is 67.5 Å². The van der Waals surface area contributed by atoms with Gasteiger partial charge in [-0.05, 0) is 47.7 Å². The maximum atomic E-state index is 16.0. The van der Waals surface area contributed by atoms with Crippen LogP contribution in [-0.2, 0) is 30.8 Å². The molecule has 282 valence electrons. The van der Waals surface area contributed by atoms with Crippen LogP contribution < -0.4 is 10.1 Å². The maximum absolute atomic E-state index is 16.0. The largest absolute Gasteiger partial charge is 0.496 e. The molecular weight excluding hydrogens is 731 g/mol. The molecule has 5 rings (SSSR count). The Kier molecular flexibility index (Phi) is 12.3. The highest BCUT2D eigenvalue weighted by atomic mass is 35.5. The highest BCUT2D eigenvalue weighted by Gasteiger charge is 2.61. The van der Waals surface area contributed by atoms with Gasteiger partial charge in [0.2, 0.25) is 6.29 Å². The lowest BCUT2D eigenvalue weighted by atomic mass is 9.62. The summed E-state index contributed by atoms with van der Waals surface area (Å²) in [5.74, 6) is -3.90. The third-order valence-electron chi connectivity index (χ3n) is 9.49. The summed E-state index contributed by atoms with van der Waals surface area (Å²) in [5.41, 5.74) is -1.80. The van der Waals surface area contributed by atoms with E-state index in [0.29, 0.717) is 38.3 Å². The Morgan fingerprint density at radius 3 is 2.43 bits per heavy atom. The Balaban J connectivity index is 1.47. The Morgan fingerprint density at radius 1 is 1.08 bits per heavy atom. The van der Waals surface area contributed by atoms with E-state index < -0.39 is 64.6 Å². The molecule has 0 bridgehead atoms. The first-order chi connectivity index (χ1) is 25.1. The highest BCUT2D eigenvalue weighted by molar-refractivity contribution is 6.31. The molecule has 2 heterocycles. The molecule has 2 aliphatic rings. The summed E-state index contributed by atoms with van der Waals surface area (Å²) in [6.07, 6.45) is -1.80. The Labute approximate surface area is 317 Å². The van der Waals surface area contributed by atoms with E-state index in [0.717, 1.165) is 6.07 Å². The summed E-state index contributed by atoms with van der Waals surface area (Å²) in [4.78, 5) is 41.4. The highest BCUT2D eigenvalue weighted by Crippen LogP contribution is 2.53. The molecule has 2 fully saturated rings. The lowest BCUT2D eigenvalue weighted by molar-refractivity contribution is -0.120. The normalized spacial score (nSPS) is 22.1. The van der Waals surface area contributed by atoms with Crippen LogP contribution in [0.1, 0.15) is 67.1 Å². The van der Waals surface area contributed by atoms with Crippen molar-refractivity contribution in [2.75, 3.05) is 33.4 Å². The number of methoxy groups -OCH3 is 1. The number of benzene rings is 3. The molecule has 1 N–H and O–H groups in total. The van der Waals surface area contributed by atoms with Crippen LogP contribution in [0, 0.1) is 28.4 Å². The first-order valence-electron chi connectivity index (χ1n) is 17.1. The summed E-state index contributed by atoms with van der Waals surface area (Å²) < 4.78 is 53.4. The second-order valence-corrected chi connectivity index (χ2v) is 15.2. The molecule has 0 aliphatic carbocycles. The van der Waals surface area contributed by atoms with Crippen molar-refractivity contribution < 1.29 is 42.1 Å². The Bertz CT molecular complexity index is 1910. The summed E-state index contributed by atoms with van der Waals surface area (Å²) in [6, 6.07) is 13.0. The van der Waals surface area contributed by atoms with E-state index in [2.05, 4.69) is 11.4 Å². The summed E-state index contributed by atoms with van der Waals surface area (Å²) in [6.45, 7) is 8.74. The molecule has 0 radical (unpaired) electrons. The summed E-state index contributed by atoms with van der Waals surface area (Å²) >= 11 is 12.4. The minimum Gasteiger partial charge on any atom is -0.496 e. The number of rotatable bonds is 10. The number of carbonyl (C=O) groups is 3. The van der Waals surface area contributed by atoms with Crippen molar-refractivity contribution in [1.29, 1.82) is 5.26 Å². The number of nitrogens with zero attached hydrogens (tertiary/aromatic N) is 2. The van der Waals surface area contributed by atoms with Crippen molar-refractivity contribution in [3.63, 3.8) is 0 Å². The zero-order chi connectivity index (χ0) is 38.7. The Morgan fingerprint density at radius 2 is 1.79 bits per heavy atom. The second-order valence-electron chi connectivity index (χ2n) is 14.3. The zero-order valence-electron chi connectivity index (χ0n) is 30.0. The molecule has 2 saturated heterocycles. The first kappa shape index (κ1) is 39.9. The fourth-order valence-corrected chi connectivity index (χ4v) is 7.47. The number of amides is 1. The molecule has 5 atom stereocenters. The van der Waals surface area contributed by atoms with Gasteiger partial charge in [0.15, 0.2) is 5.78 Å². The van der Waals surface area contributed by atoms with Crippen molar-refractivity contribution in [3.8, 4) is 11.8 Å². The van der Waals surface area contributed by atoms with Crippen LogP contribution in [0.3, 0.4) is 0 Å². The molecule has 14 heteroatoms. The van der Waals surface area contributed by atoms with Gasteiger partial charge in [0.1, 0.15) is 22.8 Å². The maximum Gasteiger partial charge on any atom is 0.413 e. The van der Waals surface area contributed by atoms with E-state index in [1.807, 2.05) is 20.8 Å². The number of morpholine rings is 1. The predicted molar refractivity (Wildman–Crippen MR) is 193 cm³/mol. The number of carbonyl (C=O) groups excluding carboxylic acids is 3. The number of ether oxygens (including phenoxy) is 4. The number of halogens is 4. The molecule has 2 aliphatic heterocycles. The van der Waals surface area contributed by atoms with Gasteiger partial charge in [0, 0.05) is 54.5 Å². The molecule has 0 saturated carbocycles. The van der Waals surface area contributed by atoms with E-state index in [9.17, 15) is 19.6 Å². The van der Waals surface area contributed by atoms with Crippen LogP contribution in [-0.4, -0.2) is 74.5 Å². The van der Waals surface area contributed by atoms with Gasteiger partial charge in [-0.15, -0.1) is 0 Å². The van der Waals surface area contributed by atoms with Crippen LogP contribution in [0.5, 0.6) is 5.75 Å². The van der Waals surface area contributed by atoms with Crippen molar-refractivity contribution in [2.45, 2.75) is 70.2 Å². The molecule has 1 amide bonds. The number of nitriles is 1. The number of esters is 1. The third kappa shape index (κ3) is 8.60. The van der Waals surface area contributed by atoms with Crippen molar-refractivity contribution in [2.24, 2.45) is 5.41 Å². The van der Waals surface area contributed by atoms with Gasteiger partial charge in [-0.3, -0.25) is 4.79 Å². The number of Topliss-reactive ketones (excluding diaryl/α,β-unsaturated/α-hetero) is 1. The fourth-order valence-electron chi connectivity index (χ4n) is 7.13. The van der Waals surface area contributed by atoms with Gasteiger partial charge < -0.3 is 29.2 Å². The minimum absolute atomic E-state index is 0.0239. The number of hydrogen-bond donors (Lipinski definition) is 1. The van der Waals surface area contributed by atoms with E-state index in [-0.39, 0.29) is 38.9 Å². The quantitative estimate of drug-likeness (QED) is 0.166. The first-order valence-corrected chi connectivity index (χ1v) is 17.9. The minimum atomic E-state index is -1.78. The molecule has 0 aromatic heterocycles. The summed E-state index contributed by atoms with van der Waals surface area (Å²) in [7, 11) is 1.37. The molecule has 0 spiro atoms. The Hall–Kier alpha value is -4.28. The van der Waals surface area contributed by atoms with Crippen LogP contribution >= 0.6 is 23.2 Å². The van der Waals surface area contributed by atoms with Crippen LogP contribution in [0.2, 0.25) is 10.0 Å². The molecule has 10 nitrogen and oxygen atoms in total. The van der Waals surface area contributed by atoms with Crippen molar-refractivity contribution in [3.05, 3.63) is 98.5 Å². The third-order valence-corrected chi connectivity index (χ3v) is 10.0. The standard InChI is InChI=1S/C39H41Cl2F2N3O7/c1-22(53-37(49)46-13-15-51-16-14-46)52-36(48)24-10-9-23(31(18-24)50-5)17-30(47)35-33(26-7-6-8-28(41)34(26)43)39(21-44,32(45-35)20-38(2,3)4)27-12-11-25(40)19-29(27)42/h6-12,18-19,22,32-33,35,45H,13-17,20H2,1-5H3/t22?,32-,33-,35-,39-/m0/s1. The van der Waals surface area contributed by atoms with Gasteiger partial charge in [0.25, 0.3) is 0 Å². The van der Waals surface area contributed by atoms with Crippen molar-refractivity contribution >= 4 is 41.0 Å². The van der Waals surface area contributed by atoms with Gasteiger partial charge in [-0.1, -0.05) is 68.2 Å². The monoisotopic (exact) mass is 771 g/mol. The molecule has 3 aromatic carbocycles. The zero-order valence-corrected chi connectivity index (χ0v) is 31.5. The summed E-state index contributed by atoms with van der Waals surface area (Å²) in [5, 5.41) is 14.3. The second kappa shape index (κ2) is 16.4. The van der Waals surface area contributed by atoms with Gasteiger partial charge in [0.05, 0.1) is 43.0 Å². The average Bonchev–Trinajstić information content (AvgIpc) is 3.42. The van der Waals surface area contributed by atoms with E-state index in [4.69, 9.17) is 42.1 Å². The number of hydrogen-bond acceptors (Lipinski definition) is 9. The molecule has 3 aromatic rings.